The Kier molecular flexibility index (Phi) is 3.71. The van der Waals surface area contributed by atoms with Gasteiger partial charge >= 0.3 is 0 Å². The monoisotopic (exact) mass is 246 g/mol. The van der Waals surface area contributed by atoms with Crippen molar-refractivity contribution in [1.82, 2.24) is 4.90 Å². The summed E-state index contributed by atoms with van der Waals surface area (Å²) < 4.78 is 0. The average molecular weight is 246 g/mol. The molecule has 0 spiro atoms. The van der Waals surface area contributed by atoms with Crippen molar-refractivity contribution in [1.29, 1.82) is 0 Å². The van der Waals surface area contributed by atoms with Crippen molar-refractivity contribution in [3.8, 4) is 0 Å². The van der Waals surface area contributed by atoms with Crippen LogP contribution in [0.1, 0.15) is 22.8 Å². The van der Waals surface area contributed by atoms with E-state index in [1.54, 1.807) is 0 Å². The fourth-order valence-electron chi connectivity index (χ4n) is 2.93. The maximum atomic E-state index is 10.8. The van der Waals surface area contributed by atoms with Crippen molar-refractivity contribution < 1.29 is 4.79 Å². The first kappa shape index (κ1) is 13.1. The first-order valence-corrected chi connectivity index (χ1v) is 6.50. The van der Waals surface area contributed by atoms with Crippen molar-refractivity contribution >= 4 is 12.0 Å². The minimum atomic E-state index is 0.607. The highest BCUT2D eigenvalue weighted by molar-refractivity contribution is 5.77. The van der Waals surface area contributed by atoms with Crippen molar-refractivity contribution in [2.45, 2.75) is 19.9 Å². The largest absolute Gasteiger partial charge is 0.369 e. The molecule has 1 aromatic carbocycles. The normalized spacial score (nSPS) is 23.7. The Labute approximate surface area is 109 Å². The number of carbonyl (C=O) groups excluding carboxylic acids is 1. The lowest BCUT2D eigenvalue weighted by Gasteiger charge is -2.24. The van der Waals surface area contributed by atoms with Gasteiger partial charge in [0.1, 0.15) is 6.29 Å². The van der Waals surface area contributed by atoms with Crippen LogP contribution in [0, 0.1) is 12.8 Å². The number of carbonyl (C=O) groups is 1. The van der Waals surface area contributed by atoms with Crippen LogP contribution in [0.15, 0.2) is 18.2 Å². The average Bonchev–Trinajstić information content (AvgIpc) is 2.71. The van der Waals surface area contributed by atoms with Gasteiger partial charge in [0.25, 0.3) is 0 Å². The van der Waals surface area contributed by atoms with E-state index in [0.717, 1.165) is 24.9 Å². The zero-order valence-corrected chi connectivity index (χ0v) is 11.7. The number of benzene rings is 1. The zero-order valence-electron chi connectivity index (χ0n) is 11.7. The van der Waals surface area contributed by atoms with Gasteiger partial charge in [-0.25, -0.2) is 0 Å². The molecule has 1 heterocycles. The molecule has 18 heavy (non-hydrogen) atoms. The molecule has 98 valence electrons. The topological polar surface area (TPSA) is 23.6 Å². The third-order valence-electron chi connectivity index (χ3n) is 3.93. The Morgan fingerprint density at radius 1 is 1.33 bits per heavy atom. The number of anilines is 1. The smallest absolute Gasteiger partial charge is 0.150 e. The lowest BCUT2D eigenvalue weighted by Crippen LogP contribution is -2.34. The maximum Gasteiger partial charge on any atom is 0.150 e. The maximum absolute atomic E-state index is 10.8. The number of aryl methyl sites for hydroxylation is 1. The summed E-state index contributed by atoms with van der Waals surface area (Å²) in [6.45, 7) is 6.54. The summed E-state index contributed by atoms with van der Waals surface area (Å²) in [6.07, 6.45) is 0.909. The van der Waals surface area contributed by atoms with E-state index in [1.165, 1.54) is 11.3 Å². The molecule has 0 radical (unpaired) electrons. The van der Waals surface area contributed by atoms with E-state index >= 15 is 0 Å². The van der Waals surface area contributed by atoms with Crippen molar-refractivity contribution in [2.24, 2.45) is 5.92 Å². The highest BCUT2D eigenvalue weighted by atomic mass is 16.1. The zero-order chi connectivity index (χ0) is 13.3. The summed E-state index contributed by atoms with van der Waals surface area (Å²) in [5.74, 6) is 0.671. The predicted molar refractivity (Wildman–Crippen MR) is 75.4 cm³/mol. The van der Waals surface area contributed by atoms with E-state index < -0.39 is 0 Å². The van der Waals surface area contributed by atoms with Crippen molar-refractivity contribution in [3.63, 3.8) is 0 Å². The molecule has 1 aliphatic rings. The highest BCUT2D eigenvalue weighted by Crippen LogP contribution is 2.28. The van der Waals surface area contributed by atoms with Crippen LogP contribution in [0.25, 0.3) is 0 Å². The molecule has 2 unspecified atom stereocenters. The van der Waals surface area contributed by atoms with Crippen LogP contribution in [-0.4, -0.2) is 44.4 Å². The van der Waals surface area contributed by atoms with Gasteiger partial charge in [0.2, 0.25) is 0 Å². The SMILES string of the molecule is Cc1cc(C=O)ccc1N1CC(C)C(N(C)C)C1. The third kappa shape index (κ3) is 2.41. The molecular formula is C15H22N2O. The molecule has 1 fully saturated rings. The number of likely N-dealkylation sites (N-methyl/N-ethyl adjacent to an activating group) is 1. The molecule has 0 N–H and O–H groups in total. The van der Waals surface area contributed by atoms with E-state index in [4.69, 9.17) is 0 Å². The second-order valence-electron chi connectivity index (χ2n) is 5.58. The van der Waals surface area contributed by atoms with Crippen LogP contribution in [0.3, 0.4) is 0 Å². The molecular weight excluding hydrogens is 224 g/mol. The van der Waals surface area contributed by atoms with Crippen molar-refractivity contribution in [3.05, 3.63) is 29.3 Å². The molecule has 0 aromatic heterocycles. The minimum absolute atomic E-state index is 0.607. The lowest BCUT2D eigenvalue weighted by atomic mass is 10.1. The second kappa shape index (κ2) is 5.11. The van der Waals surface area contributed by atoms with Crippen LogP contribution in [-0.2, 0) is 0 Å². The Morgan fingerprint density at radius 3 is 2.56 bits per heavy atom. The fourth-order valence-corrected chi connectivity index (χ4v) is 2.93. The lowest BCUT2D eigenvalue weighted by molar-refractivity contribution is 0.112. The molecule has 0 bridgehead atoms. The molecule has 2 rings (SSSR count). The number of hydrogen-bond acceptors (Lipinski definition) is 3. The molecule has 1 aromatic rings. The van der Waals surface area contributed by atoms with E-state index in [1.807, 2.05) is 12.1 Å². The number of rotatable bonds is 3. The quantitative estimate of drug-likeness (QED) is 0.764. The molecule has 1 saturated heterocycles. The summed E-state index contributed by atoms with van der Waals surface area (Å²) in [7, 11) is 4.29. The van der Waals surface area contributed by atoms with Crippen LogP contribution in [0.2, 0.25) is 0 Å². The van der Waals surface area contributed by atoms with Crippen LogP contribution < -0.4 is 4.90 Å². The molecule has 2 atom stereocenters. The molecule has 0 saturated carbocycles. The minimum Gasteiger partial charge on any atom is -0.369 e. The van der Waals surface area contributed by atoms with Gasteiger partial charge in [-0.05, 0) is 50.7 Å². The first-order chi connectivity index (χ1) is 8.52. The molecule has 1 aliphatic heterocycles. The molecule has 3 heteroatoms. The Balaban J connectivity index is 2.21. The summed E-state index contributed by atoms with van der Waals surface area (Å²) in [6, 6.07) is 6.55. The molecule has 3 nitrogen and oxygen atoms in total. The van der Waals surface area contributed by atoms with Gasteiger partial charge in [0, 0.05) is 30.4 Å². The Hall–Kier alpha value is -1.35. The Bertz CT molecular complexity index is 442. The van der Waals surface area contributed by atoms with Crippen LogP contribution >= 0.6 is 0 Å². The van der Waals surface area contributed by atoms with E-state index in [9.17, 15) is 4.79 Å². The highest BCUT2D eigenvalue weighted by Gasteiger charge is 2.31. The third-order valence-corrected chi connectivity index (χ3v) is 3.93. The summed E-state index contributed by atoms with van der Waals surface area (Å²) in [5, 5.41) is 0. The van der Waals surface area contributed by atoms with Gasteiger partial charge in [0.05, 0.1) is 0 Å². The van der Waals surface area contributed by atoms with Gasteiger partial charge in [-0.15, -0.1) is 0 Å². The number of hydrogen-bond donors (Lipinski definition) is 0. The van der Waals surface area contributed by atoms with Gasteiger partial charge in [-0.2, -0.15) is 0 Å². The van der Waals surface area contributed by atoms with E-state index in [0.29, 0.717) is 12.0 Å². The van der Waals surface area contributed by atoms with Gasteiger partial charge in [0.15, 0.2) is 0 Å². The van der Waals surface area contributed by atoms with E-state index in [2.05, 4.69) is 43.8 Å². The summed E-state index contributed by atoms with van der Waals surface area (Å²) in [5.41, 5.74) is 3.20. The van der Waals surface area contributed by atoms with Gasteiger partial charge in [-0.1, -0.05) is 6.92 Å². The second-order valence-corrected chi connectivity index (χ2v) is 5.58. The van der Waals surface area contributed by atoms with Gasteiger partial charge in [-0.3, -0.25) is 4.79 Å². The fraction of sp³-hybridized carbons (Fsp3) is 0.533. The standard InChI is InChI=1S/C15H22N2O/c1-11-7-13(10-18)5-6-14(11)17-8-12(2)15(9-17)16(3)4/h5-7,10,12,15H,8-9H2,1-4H3. The molecule has 0 amide bonds. The van der Waals surface area contributed by atoms with Crippen LogP contribution in [0.5, 0.6) is 0 Å². The van der Waals surface area contributed by atoms with Crippen molar-refractivity contribution in [2.75, 3.05) is 32.1 Å². The summed E-state index contributed by atoms with van der Waals surface area (Å²) >= 11 is 0. The summed E-state index contributed by atoms with van der Waals surface area (Å²) in [4.78, 5) is 15.5. The number of aldehydes is 1. The number of nitrogens with zero attached hydrogens (tertiary/aromatic N) is 2. The van der Waals surface area contributed by atoms with E-state index in [-0.39, 0.29) is 0 Å². The first-order valence-electron chi connectivity index (χ1n) is 6.50. The Morgan fingerprint density at radius 2 is 2.06 bits per heavy atom. The molecule has 0 aliphatic carbocycles. The predicted octanol–water partition coefficient (Wildman–Crippen LogP) is 2.19. The van der Waals surface area contributed by atoms with Crippen LogP contribution in [0.4, 0.5) is 5.69 Å². The van der Waals surface area contributed by atoms with Gasteiger partial charge < -0.3 is 9.80 Å².